The first-order valence-corrected chi connectivity index (χ1v) is 25.1. The second-order valence-corrected chi connectivity index (χ2v) is 21.9. The number of benzene rings is 2. The third kappa shape index (κ3) is 9.23. The Bertz CT molecular complexity index is 2780. The molecule has 0 bridgehead atoms. The van der Waals surface area contributed by atoms with E-state index in [1.54, 1.807) is 0 Å². The number of rotatable bonds is 8. The molecule has 4 heterocycles. The Hall–Kier alpha value is -7.26. The van der Waals surface area contributed by atoms with E-state index in [1.165, 1.54) is 76.6 Å². The quantitative estimate of drug-likeness (QED) is 0.125. The van der Waals surface area contributed by atoms with Crippen LogP contribution in [0.5, 0.6) is 0 Å². The van der Waals surface area contributed by atoms with Crippen LogP contribution in [0.15, 0.2) is 57.6 Å². The van der Waals surface area contributed by atoms with Gasteiger partial charge >= 0.3 is 35.8 Å². The summed E-state index contributed by atoms with van der Waals surface area (Å²) < 4.78 is 69.9. The summed E-state index contributed by atoms with van der Waals surface area (Å²) in [6.45, 7) is 9.84. The number of carbonyl (C=O) groups excluding carboxylic acids is 8. The van der Waals surface area contributed by atoms with Gasteiger partial charge in [-0.15, -0.1) is 0 Å². The number of nitrogens with zero attached hydrogens (tertiary/aromatic N) is 4. The molecule has 2 saturated heterocycles. The Morgan fingerprint density at radius 3 is 1.25 bits per heavy atom. The first-order chi connectivity index (χ1) is 35.9. The van der Waals surface area contributed by atoms with Crippen molar-refractivity contribution >= 4 is 47.4 Å². The molecule has 14 atom stereocenters. The van der Waals surface area contributed by atoms with Gasteiger partial charge in [-0.25, -0.2) is 8.78 Å². The fourth-order valence-electron chi connectivity index (χ4n) is 14.1. The van der Waals surface area contributed by atoms with Crippen molar-refractivity contribution in [1.29, 1.82) is 0 Å². The zero-order chi connectivity index (χ0) is 54.8. The number of aromatic nitrogens is 4. The molecule has 4 aromatic rings. The van der Waals surface area contributed by atoms with Gasteiger partial charge in [0, 0.05) is 62.5 Å². The molecule has 22 heteroatoms. The van der Waals surface area contributed by atoms with Crippen molar-refractivity contribution in [2.24, 2.45) is 57.2 Å². The molecule has 0 N–H and O–H groups in total. The lowest BCUT2D eigenvalue weighted by Gasteiger charge is -2.60. The summed E-state index contributed by atoms with van der Waals surface area (Å²) in [7, 11) is 2.57. The Kier molecular flexibility index (Phi) is 14.1. The normalized spacial score (nSPS) is 34.5. The third-order valence-corrected chi connectivity index (χ3v) is 17.4. The number of carbonyl (C=O) groups is 8. The van der Waals surface area contributed by atoms with E-state index in [-0.39, 0.29) is 60.7 Å². The number of halogens is 2. The van der Waals surface area contributed by atoms with Crippen molar-refractivity contribution in [3.8, 4) is 22.8 Å². The van der Waals surface area contributed by atoms with Crippen LogP contribution in [0.4, 0.5) is 8.78 Å². The molecule has 20 nitrogen and oxygen atoms in total. The number of hydrogen-bond acceptors (Lipinski definition) is 20. The number of methoxy groups -OCH3 is 2. The fourth-order valence-corrected chi connectivity index (χ4v) is 14.1. The molecule has 0 amide bonds. The maximum absolute atomic E-state index is 13.9. The Morgan fingerprint density at radius 2 is 0.921 bits per heavy atom. The van der Waals surface area contributed by atoms with Gasteiger partial charge in [0.1, 0.15) is 11.6 Å². The minimum Gasteiger partial charge on any atom is -0.469 e. The van der Waals surface area contributed by atoms with Crippen LogP contribution >= 0.6 is 0 Å². The lowest BCUT2D eigenvalue weighted by Crippen LogP contribution is -2.64. The standard InChI is InChI=1S/2C27H29FN2O8/c2*1-13(31)36-18-11-17(24(33)35-4)26(2)10-9-16-25(34)37-19(12-27(16,3)21(26)20(18)32)23-29-22(30-38-23)14-5-7-15(28)8-6-14/h2*5-8,16-19,21H,9-12H2,1-4H3/t16-,17+,18+,19+,21+,26+,27+;16-,17-,18-,19-,21-,26-,27-/m10/s1. The molecule has 4 saturated carbocycles. The first-order valence-electron chi connectivity index (χ1n) is 25.1. The van der Waals surface area contributed by atoms with Crippen LogP contribution in [-0.2, 0) is 66.8 Å². The zero-order valence-corrected chi connectivity index (χ0v) is 43.1. The van der Waals surface area contributed by atoms with Crippen molar-refractivity contribution < 1.29 is 84.6 Å². The second kappa shape index (κ2) is 20.0. The molecule has 0 radical (unpaired) electrons. The van der Waals surface area contributed by atoms with E-state index in [9.17, 15) is 47.1 Å². The van der Waals surface area contributed by atoms with Crippen LogP contribution in [-0.4, -0.2) is 94.1 Å². The van der Waals surface area contributed by atoms with Crippen LogP contribution in [0.1, 0.15) is 117 Å². The van der Waals surface area contributed by atoms with E-state index in [4.69, 9.17) is 37.5 Å². The molecule has 6 fully saturated rings. The summed E-state index contributed by atoms with van der Waals surface area (Å²) in [6, 6.07) is 11.1. The predicted molar refractivity (Wildman–Crippen MR) is 253 cm³/mol. The number of esters is 6. The van der Waals surface area contributed by atoms with E-state index >= 15 is 0 Å². The molecule has 2 aromatic heterocycles. The van der Waals surface area contributed by atoms with Crippen LogP contribution in [0.3, 0.4) is 0 Å². The lowest BCUT2D eigenvalue weighted by molar-refractivity contribution is -0.213. The van der Waals surface area contributed by atoms with E-state index < -0.39 is 129 Å². The van der Waals surface area contributed by atoms with Crippen LogP contribution < -0.4 is 0 Å². The number of fused-ring (bicyclic) bond motifs is 6. The average molecular weight is 1060 g/mol. The molecule has 10 rings (SSSR count). The number of cyclic esters (lactones) is 2. The van der Waals surface area contributed by atoms with Gasteiger partial charge in [-0.2, -0.15) is 9.97 Å². The Labute approximate surface area is 434 Å². The van der Waals surface area contributed by atoms with Crippen molar-refractivity contribution in [2.75, 3.05) is 14.2 Å². The van der Waals surface area contributed by atoms with Crippen LogP contribution in [0.2, 0.25) is 0 Å². The highest BCUT2D eigenvalue weighted by molar-refractivity contribution is 5.94. The van der Waals surface area contributed by atoms with Gasteiger partial charge in [0.25, 0.3) is 11.8 Å². The number of ketones is 2. The fraction of sp³-hybridized carbons (Fsp3) is 0.556. The summed E-state index contributed by atoms with van der Waals surface area (Å²) >= 11 is 0. The zero-order valence-electron chi connectivity index (χ0n) is 43.1. The maximum Gasteiger partial charge on any atom is 0.310 e. The van der Waals surface area contributed by atoms with Crippen molar-refractivity contribution in [3.63, 3.8) is 0 Å². The number of ether oxygens (including phenoxy) is 6. The molecular formula is C54H58F2N4O16. The molecule has 0 spiro atoms. The van der Waals surface area contributed by atoms with Crippen molar-refractivity contribution in [3.05, 3.63) is 71.9 Å². The summed E-state index contributed by atoms with van der Waals surface area (Å²) in [5.41, 5.74) is -2.54. The van der Waals surface area contributed by atoms with E-state index in [2.05, 4.69) is 20.3 Å². The highest BCUT2D eigenvalue weighted by atomic mass is 19.1. The first kappa shape index (κ1) is 53.6. The predicted octanol–water partition coefficient (Wildman–Crippen LogP) is 7.19. The van der Waals surface area contributed by atoms with E-state index in [1.807, 2.05) is 27.7 Å². The lowest BCUT2D eigenvalue weighted by atomic mass is 9.43. The van der Waals surface area contributed by atoms with Gasteiger partial charge in [0.2, 0.25) is 11.6 Å². The van der Waals surface area contributed by atoms with Gasteiger partial charge in [-0.1, -0.05) is 38.0 Å². The molecule has 0 unspecified atom stereocenters. The Balaban J connectivity index is 0.000000186. The van der Waals surface area contributed by atoms with Gasteiger partial charge in [-0.05, 0) is 95.9 Å². The van der Waals surface area contributed by atoms with Gasteiger partial charge < -0.3 is 37.5 Å². The van der Waals surface area contributed by atoms with E-state index in [0.29, 0.717) is 36.8 Å². The summed E-state index contributed by atoms with van der Waals surface area (Å²) in [5, 5.41) is 7.92. The van der Waals surface area contributed by atoms with Crippen LogP contribution in [0, 0.1) is 68.8 Å². The monoisotopic (exact) mass is 1060 g/mol. The topological polar surface area (TPSA) is 270 Å². The van der Waals surface area contributed by atoms with Gasteiger partial charge in [0.15, 0.2) is 36.0 Å². The molecule has 6 aliphatic rings. The summed E-state index contributed by atoms with van der Waals surface area (Å²) in [4.78, 5) is 113. The molecule has 2 aliphatic heterocycles. The Morgan fingerprint density at radius 1 is 0.566 bits per heavy atom. The third-order valence-electron chi connectivity index (χ3n) is 17.4. The minimum atomic E-state index is -1.13. The largest absolute Gasteiger partial charge is 0.469 e. The highest BCUT2D eigenvalue weighted by Gasteiger charge is 2.70. The molecular weight excluding hydrogens is 999 g/mol. The van der Waals surface area contributed by atoms with E-state index in [0.717, 1.165) is 0 Å². The van der Waals surface area contributed by atoms with Crippen molar-refractivity contribution in [2.45, 2.75) is 117 Å². The molecule has 4 aliphatic carbocycles. The maximum atomic E-state index is 13.9. The number of hydrogen-bond donors (Lipinski definition) is 0. The van der Waals surface area contributed by atoms with Gasteiger partial charge in [-0.3, -0.25) is 38.4 Å². The SMILES string of the molecule is COC(=O)[C@@H]1C[C@H](OC(C)=O)C(=O)[C@@H]2[C@@]3(C)C[C@@H](c4nc(-c5ccc(F)cc5)no4)OC(=O)[C@H]3CC[C@]21C.COC(=O)[C@@H]1C[C@H](OC(C)=O)C(=O)[C@H]2[C@@]1(C)CC[C@H]1C(=O)O[C@H](c3nc(-c4ccc(F)cc4)no3)C[C@]21C. The number of Topliss-reactive ketones (excluding diaryl/α,β-unsaturated/α-hetero) is 2. The van der Waals surface area contributed by atoms with Gasteiger partial charge in [0.05, 0.1) is 37.9 Å². The average Bonchev–Trinajstić information content (AvgIpc) is 4.17. The second-order valence-electron chi connectivity index (χ2n) is 21.9. The molecule has 2 aromatic carbocycles. The van der Waals surface area contributed by atoms with Crippen LogP contribution in [0.25, 0.3) is 22.8 Å². The molecule has 76 heavy (non-hydrogen) atoms. The summed E-state index contributed by atoms with van der Waals surface area (Å²) in [5.74, 6) is -8.43. The molecule has 404 valence electrons. The summed E-state index contributed by atoms with van der Waals surface area (Å²) in [6.07, 6.45) is -2.05. The minimum absolute atomic E-state index is 0.0252. The van der Waals surface area contributed by atoms with Crippen molar-refractivity contribution in [1.82, 2.24) is 20.3 Å². The highest BCUT2D eigenvalue weighted by Crippen LogP contribution is 2.67. The smallest absolute Gasteiger partial charge is 0.310 e.